The minimum atomic E-state index is -0.418. The van der Waals surface area contributed by atoms with Gasteiger partial charge in [-0.1, -0.05) is 54.1 Å². The lowest BCUT2D eigenvalue weighted by molar-refractivity contribution is 0.511. The Kier molecular flexibility index (Phi) is 4.31. The van der Waals surface area contributed by atoms with Gasteiger partial charge >= 0.3 is 0 Å². The number of hydrogen-bond donors (Lipinski definition) is 2. The Labute approximate surface area is 111 Å². The molecule has 0 fully saturated rings. The number of rotatable bonds is 4. The van der Waals surface area contributed by atoms with Crippen molar-refractivity contribution in [2.24, 2.45) is 5.84 Å². The Morgan fingerprint density at radius 2 is 1.83 bits per heavy atom. The van der Waals surface area contributed by atoms with Crippen molar-refractivity contribution in [3.63, 3.8) is 0 Å². The van der Waals surface area contributed by atoms with Crippen LogP contribution in [0.4, 0.5) is 4.39 Å². The van der Waals surface area contributed by atoms with E-state index < -0.39 is 5.82 Å². The molecule has 1 atom stereocenters. The molecule has 2 rings (SSSR count). The highest BCUT2D eigenvalue weighted by molar-refractivity contribution is 6.30. The molecule has 3 N–H and O–H groups in total. The fourth-order valence-electron chi connectivity index (χ4n) is 1.90. The first kappa shape index (κ1) is 13.0. The maximum atomic E-state index is 13.9. The zero-order chi connectivity index (χ0) is 13.0. The second-order valence-corrected chi connectivity index (χ2v) is 4.46. The number of benzene rings is 2. The van der Waals surface area contributed by atoms with Gasteiger partial charge in [-0.15, -0.1) is 0 Å². The molecule has 2 aromatic carbocycles. The first-order valence-electron chi connectivity index (χ1n) is 5.66. The van der Waals surface area contributed by atoms with Crippen molar-refractivity contribution < 1.29 is 4.39 Å². The third-order valence-corrected chi connectivity index (χ3v) is 3.13. The van der Waals surface area contributed by atoms with Crippen LogP contribution in [-0.4, -0.2) is 0 Å². The van der Waals surface area contributed by atoms with Crippen molar-refractivity contribution in [1.29, 1.82) is 0 Å². The van der Waals surface area contributed by atoms with E-state index in [9.17, 15) is 4.39 Å². The van der Waals surface area contributed by atoms with Gasteiger partial charge in [-0.2, -0.15) is 0 Å². The second-order valence-electron chi connectivity index (χ2n) is 4.05. The SMILES string of the molecule is NNC(Cc1ccccc1)c1cccc(Cl)c1F. The van der Waals surface area contributed by atoms with Crippen molar-refractivity contribution in [2.45, 2.75) is 12.5 Å². The number of hydrazine groups is 1. The molecule has 1 unspecified atom stereocenters. The molecular weight excluding hydrogens is 251 g/mol. The molecule has 0 radical (unpaired) electrons. The molecule has 4 heteroatoms. The Morgan fingerprint density at radius 3 is 2.50 bits per heavy atom. The zero-order valence-corrected chi connectivity index (χ0v) is 10.5. The lowest BCUT2D eigenvalue weighted by Gasteiger charge is -2.17. The van der Waals surface area contributed by atoms with Crippen molar-refractivity contribution >= 4 is 11.6 Å². The monoisotopic (exact) mass is 264 g/mol. The summed E-state index contributed by atoms with van der Waals surface area (Å²) in [5.41, 5.74) is 4.20. The van der Waals surface area contributed by atoms with Gasteiger partial charge in [0.25, 0.3) is 0 Å². The maximum Gasteiger partial charge on any atom is 0.146 e. The summed E-state index contributed by atoms with van der Waals surface area (Å²) < 4.78 is 13.9. The standard InChI is InChI=1S/C14H14ClFN2/c15-12-8-4-7-11(14(12)16)13(18-17)9-10-5-2-1-3-6-10/h1-8,13,18H,9,17H2. The molecule has 0 heterocycles. The summed E-state index contributed by atoms with van der Waals surface area (Å²) in [6.07, 6.45) is 0.606. The molecule has 2 aromatic rings. The Hall–Kier alpha value is -1.42. The minimum absolute atomic E-state index is 0.112. The van der Waals surface area contributed by atoms with Crippen molar-refractivity contribution in [3.05, 3.63) is 70.5 Å². The van der Waals surface area contributed by atoms with E-state index in [-0.39, 0.29) is 11.1 Å². The number of nitrogens with two attached hydrogens (primary N) is 1. The topological polar surface area (TPSA) is 38.0 Å². The average Bonchev–Trinajstić information content (AvgIpc) is 2.41. The number of nitrogens with one attached hydrogen (secondary N) is 1. The third kappa shape index (κ3) is 2.88. The van der Waals surface area contributed by atoms with Gasteiger partial charge in [0.05, 0.1) is 11.1 Å². The second kappa shape index (κ2) is 5.96. The molecule has 0 aliphatic heterocycles. The van der Waals surface area contributed by atoms with Crippen LogP contribution < -0.4 is 11.3 Å². The van der Waals surface area contributed by atoms with Gasteiger partial charge in [0.2, 0.25) is 0 Å². The van der Waals surface area contributed by atoms with Crippen LogP contribution in [0.3, 0.4) is 0 Å². The molecule has 0 aliphatic carbocycles. The van der Waals surface area contributed by atoms with Crippen molar-refractivity contribution in [1.82, 2.24) is 5.43 Å². The third-order valence-electron chi connectivity index (χ3n) is 2.84. The summed E-state index contributed by atoms with van der Waals surface area (Å²) in [6.45, 7) is 0. The average molecular weight is 265 g/mol. The summed E-state index contributed by atoms with van der Waals surface area (Å²) in [4.78, 5) is 0. The fourth-order valence-corrected chi connectivity index (χ4v) is 2.08. The first-order chi connectivity index (χ1) is 8.72. The highest BCUT2D eigenvalue weighted by Crippen LogP contribution is 2.25. The summed E-state index contributed by atoms with van der Waals surface area (Å²) >= 11 is 5.77. The summed E-state index contributed by atoms with van der Waals surface area (Å²) in [5.74, 6) is 5.09. The fraction of sp³-hybridized carbons (Fsp3) is 0.143. The number of hydrogen-bond acceptors (Lipinski definition) is 2. The van der Waals surface area contributed by atoms with Gasteiger partial charge in [-0.05, 0) is 18.1 Å². The van der Waals surface area contributed by atoms with Gasteiger partial charge in [0.1, 0.15) is 5.82 Å². The lowest BCUT2D eigenvalue weighted by Crippen LogP contribution is -2.30. The molecule has 94 valence electrons. The summed E-state index contributed by atoms with van der Waals surface area (Å²) in [5, 5.41) is 0.112. The quantitative estimate of drug-likeness (QED) is 0.657. The van der Waals surface area contributed by atoms with E-state index in [1.165, 1.54) is 6.07 Å². The molecule has 2 nitrogen and oxygen atoms in total. The van der Waals surface area contributed by atoms with Crippen LogP contribution in [0.15, 0.2) is 48.5 Å². The largest absolute Gasteiger partial charge is 0.271 e. The van der Waals surface area contributed by atoms with Crippen molar-refractivity contribution in [2.75, 3.05) is 0 Å². The van der Waals surface area contributed by atoms with Crippen molar-refractivity contribution in [3.8, 4) is 0 Å². The van der Waals surface area contributed by atoms with E-state index in [0.717, 1.165) is 5.56 Å². The summed E-state index contributed by atoms with van der Waals surface area (Å²) in [6, 6.07) is 14.4. The first-order valence-corrected chi connectivity index (χ1v) is 6.04. The highest BCUT2D eigenvalue weighted by atomic mass is 35.5. The van der Waals surface area contributed by atoms with Gasteiger partial charge in [0, 0.05) is 5.56 Å². The molecule has 0 saturated carbocycles. The molecule has 0 amide bonds. The van der Waals surface area contributed by atoms with Gasteiger partial charge in [0.15, 0.2) is 0 Å². The van der Waals surface area contributed by atoms with E-state index in [1.54, 1.807) is 12.1 Å². The summed E-state index contributed by atoms with van der Waals surface area (Å²) in [7, 11) is 0. The van der Waals surface area contributed by atoms with Crippen LogP contribution in [-0.2, 0) is 6.42 Å². The predicted molar refractivity (Wildman–Crippen MR) is 71.6 cm³/mol. The van der Waals surface area contributed by atoms with Crippen LogP contribution >= 0.6 is 11.6 Å². The predicted octanol–water partition coefficient (Wildman–Crippen LogP) is 3.23. The molecule has 18 heavy (non-hydrogen) atoms. The van der Waals surface area contributed by atoms with Crippen LogP contribution in [0.1, 0.15) is 17.2 Å². The van der Waals surface area contributed by atoms with Gasteiger partial charge in [-0.3, -0.25) is 11.3 Å². The van der Waals surface area contributed by atoms with Gasteiger partial charge in [-0.25, -0.2) is 4.39 Å². The van der Waals surface area contributed by atoms with Crippen LogP contribution in [0.5, 0.6) is 0 Å². The van der Waals surface area contributed by atoms with E-state index in [4.69, 9.17) is 17.4 Å². The van der Waals surface area contributed by atoms with E-state index in [0.29, 0.717) is 12.0 Å². The molecule has 0 spiro atoms. The Balaban J connectivity index is 2.26. The smallest absolute Gasteiger partial charge is 0.146 e. The molecule has 0 saturated heterocycles. The molecule has 0 bridgehead atoms. The van der Waals surface area contributed by atoms with E-state index >= 15 is 0 Å². The maximum absolute atomic E-state index is 13.9. The van der Waals surface area contributed by atoms with E-state index in [1.807, 2.05) is 30.3 Å². The van der Waals surface area contributed by atoms with Crippen LogP contribution in [0.25, 0.3) is 0 Å². The number of halogens is 2. The van der Waals surface area contributed by atoms with Crippen LogP contribution in [0, 0.1) is 5.82 Å². The van der Waals surface area contributed by atoms with Crippen LogP contribution in [0.2, 0.25) is 5.02 Å². The van der Waals surface area contributed by atoms with Gasteiger partial charge < -0.3 is 0 Å². The highest BCUT2D eigenvalue weighted by Gasteiger charge is 2.16. The Bertz CT molecular complexity index is 516. The lowest BCUT2D eigenvalue weighted by atomic mass is 9.99. The normalized spacial score (nSPS) is 12.4. The zero-order valence-electron chi connectivity index (χ0n) is 9.74. The van der Waals surface area contributed by atoms with E-state index in [2.05, 4.69) is 5.43 Å². The molecule has 0 aliphatic rings. The molecular formula is C14H14ClFN2. The molecule has 0 aromatic heterocycles. The minimum Gasteiger partial charge on any atom is -0.271 e. The Morgan fingerprint density at radius 1 is 1.11 bits per heavy atom.